The molecule has 2 N–H and O–H groups in total. The number of rotatable bonds is 1. The Bertz CT molecular complexity index is 623. The van der Waals surface area contributed by atoms with E-state index in [-0.39, 0.29) is 12.0 Å². The average molecular weight is 297 g/mol. The van der Waals surface area contributed by atoms with Gasteiger partial charge in [-0.2, -0.15) is 4.98 Å². The first-order chi connectivity index (χ1) is 9.08. The van der Waals surface area contributed by atoms with Gasteiger partial charge in [-0.25, -0.2) is 4.68 Å². The van der Waals surface area contributed by atoms with E-state index in [1.54, 1.807) is 6.07 Å². The summed E-state index contributed by atoms with van der Waals surface area (Å²) >= 11 is 12.4. The SMILES string of the molecule is CC1C(c2cccc(Cl)c2Cl)CCc2nc(N)nn21. The van der Waals surface area contributed by atoms with E-state index in [2.05, 4.69) is 17.0 Å². The minimum absolute atomic E-state index is 0.171. The molecule has 2 aromatic rings. The van der Waals surface area contributed by atoms with Crippen molar-refractivity contribution in [2.24, 2.45) is 0 Å². The zero-order chi connectivity index (χ0) is 13.6. The molecule has 2 heterocycles. The maximum absolute atomic E-state index is 6.32. The van der Waals surface area contributed by atoms with Crippen molar-refractivity contribution >= 4 is 29.2 Å². The fraction of sp³-hybridized carbons (Fsp3) is 0.385. The summed E-state index contributed by atoms with van der Waals surface area (Å²) < 4.78 is 1.90. The lowest BCUT2D eigenvalue weighted by molar-refractivity contribution is 0.339. The molecule has 6 heteroatoms. The lowest BCUT2D eigenvalue weighted by Crippen LogP contribution is -2.24. The first-order valence-corrected chi connectivity index (χ1v) is 6.98. The minimum Gasteiger partial charge on any atom is -0.366 e. The van der Waals surface area contributed by atoms with Crippen LogP contribution in [-0.4, -0.2) is 14.8 Å². The molecule has 1 aliphatic heterocycles. The van der Waals surface area contributed by atoms with Gasteiger partial charge in [0.2, 0.25) is 5.95 Å². The third kappa shape index (κ3) is 2.09. The third-order valence-electron chi connectivity index (χ3n) is 3.75. The Kier molecular flexibility index (Phi) is 3.15. The van der Waals surface area contributed by atoms with Crippen LogP contribution in [0.3, 0.4) is 0 Å². The quantitative estimate of drug-likeness (QED) is 0.877. The molecular formula is C13H14Cl2N4. The van der Waals surface area contributed by atoms with E-state index in [0.29, 0.717) is 16.0 Å². The van der Waals surface area contributed by atoms with E-state index in [4.69, 9.17) is 28.9 Å². The highest BCUT2D eigenvalue weighted by atomic mass is 35.5. The number of anilines is 1. The van der Waals surface area contributed by atoms with Crippen LogP contribution >= 0.6 is 23.2 Å². The number of nitrogens with two attached hydrogens (primary N) is 1. The highest BCUT2D eigenvalue weighted by Gasteiger charge is 2.30. The highest BCUT2D eigenvalue weighted by Crippen LogP contribution is 2.41. The molecule has 1 aromatic carbocycles. The van der Waals surface area contributed by atoms with Crippen molar-refractivity contribution in [3.63, 3.8) is 0 Å². The second kappa shape index (κ2) is 4.69. The van der Waals surface area contributed by atoms with Gasteiger partial charge in [0, 0.05) is 12.3 Å². The van der Waals surface area contributed by atoms with Gasteiger partial charge in [-0.05, 0) is 25.0 Å². The van der Waals surface area contributed by atoms with E-state index in [1.807, 2.05) is 16.8 Å². The number of hydrogen-bond acceptors (Lipinski definition) is 3. The van der Waals surface area contributed by atoms with Crippen molar-refractivity contribution in [1.29, 1.82) is 0 Å². The molecule has 0 bridgehead atoms. The van der Waals surface area contributed by atoms with Crippen LogP contribution in [0.5, 0.6) is 0 Å². The molecule has 0 fully saturated rings. The summed E-state index contributed by atoms with van der Waals surface area (Å²) in [7, 11) is 0. The van der Waals surface area contributed by atoms with Gasteiger partial charge in [0.15, 0.2) is 0 Å². The molecule has 0 amide bonds. The number of hydrogen-bond donors (Lipinski definition) is 1. The van der Waals surface area contributed by atoms with Crippen LogP contribution in [-0.2, 0) is 6.42 Å². The summed E-state index contributed by atoms with van der Waals surface area (Å²) in [6, 6.07) is 5.94. The van der Waals surface area contributed by atoms with E-state index in [9.17, 15) is 0 Å². The van der Waals surface area contributed by atoms with Gasteiger partial charge in [0.25, 0.3) is 0 Å². The molecule has 0 spiro atoms. The van der Waals surface area contributed by atoms with Crippen LogP contribution in [0.25, 0.3) is 0 Å². The maximum atomic E-state index is 6.32. The zero-order valence-corrected chi connectivity index (χ0v) is 12.0. The van der Waals surface area contributed by atoms with Crippen molar-refractivity contribution in [3.05, 3.63) is 39.6 Å². The van der Waals surface area contributed by atoms with Crippen LogP contribution < -0.4 is 5.73 Å². The highest BCUT2D eigenvalue weighted by molar-refractivity contribution is 6.42. The van der Waals surface area contributed by atoms with Gasteiger partial charge >= 0.3 is 0 Å². The first-order valence-electron chi connectivity index (χ1n) is 6.22. The van der Waals surface area contributed by atoms with Gasteiger partial charge in [-0.3, -0.25) is 0 Å². The summed E-state index contributed by atoms with van der Waals surface area (Å²) in [6.07, 6.45) is 1.82. The van der Waals surface area contributed by atoms with Gasteiger partial charge in [0.05, 0.1) is 16.1 Å². The molecule has 1 aliphatic rings. The first kappa shape index (κ1) is 12.8. The van der Waals surface area contributed by atoms with Crippen molar-refractivity contribution < 1.29 is 0 Å². The minimum atomic E-state index is 0.171. The fourth-order valence-corrected chi connectivity index (χ4v) is 3.24. The molecule has 100 valence electrons. The third-order valence-corrected chi connectivity index (χ3v) is 4.58. The summed E-state index contributed by atoms with van der Waals surface area (Å²) in [5, 5.41) is 5.50. The number of nitrogen functional groups attached to an aromatic ring is 1. The Labute approximate surface area is 121 Å². The monoisotopic (exact) mass is 296 g/mol. The van der Waals surface area contributed by atoms with Crippen LogP contribution in [0.15, 0.2) is 18.2 Å². The van der Waals surface area contributed by atoms with E-state index in [0.717, 1.165) is 24.2 Å². The molecule has 0 saturated carbocycles. The number of halogens is 2. The second-order valence-electron chi connectivity index (χ2n) is 4.86. The molecule has 2 atom stereocenters. The maximum Gasteiger partial charge on any atom is 0.239 e. The molecule has 1 aromatic heterocycles. The van der Waals surface area contributed by atoms with Gasteiger partial charge < -0.3 is 5.73 Å². The van der Waals surface area contributed by atoms with Crippen molar-refractivity contribution in [2.45, 2.75) is 31.7 Å². The van der Waals surface area contributed by atoms with Crippen LogP contribution in [0, 0.1) is 0 Å². The fourth-order valence-electron chi connectivity index (χ4n) is 2.79. The number of benzene rings is 1. The molecule has 4 nitrogen and oxygen atoms in total. The lowest BCUT2D eigenvalue weighted by atomic mass is 9.86. The Balaban J connectivity index is 2.02. The standard InChI is InChI=1S/C13H14Cl2N4/c1-7-8(9-3-2-4-10(14)12(9)15)5-6-11-17-13(16)18-19(7)11/h2-4,7-8H,5-6H2,1H3,(H2,16,18). The largest absolute Gasteiger partial charge is 0.366 e. The Hall–Kier alpha value is -1.26. The van der Waals surface area contributed by atoms with E-state index < -0.39 is 0 Å². The summed E-state index contributed by atoms with van der Waals surface area (Å²) in [4.78, 5) is 4.24. The lowest BCUT2D eigenvalue weighted by Gasteiger charge is -2.30. The molecule has 19 heavy (non-hydrogen) atoms. The van der Waals surface area contributed by atoms with Crippen LogP contribution in [0.1, 0.15) is 36.7 Å². The number of nitrogens with zero attached hydrogens (tertiary/aromatic N) is 3. The number of fused-ring (bicyclic) bond motifs is 1. The Morgan fingerprint density at radius 3 is 2.95 bits per heavy atom. The van der Waals surface area contributed by atoms with Gasteiger partial charge in [-0.15, -0.1) is 5.10 Å². The second-order valence-corrected chi connectivity index (χ2v) is 5.64. The molecule has 0 saturated heterocycles. The Morgan fingerprint density at radius 1 is 1.37 bits per heavy atom. The summed E-state index contributed by atoms with van der Waals surface area (Å²) in [5.41, 5.74) is 6.74. The van der Waals surface area contributed by atoms with E-state index >= 15 is 0 Å². The smallest absolute Gasteiger partial charge is 0.239 e. The predicted octanol–water partition coefficient (Wildman–Crippen LogP) is 3.46. The molecule has 2 unspecified atom stereocenters. The zero-order valence-electron chi connectivity index (χ0n) is 10.5. The van der Waals surface area contributed by atoms with E-state index in [1.165, 1.54) is 0 Å². The molecule has 0 radical (unpaired) electrons. The molecule has 0 aliphatic carbocycles. The van der Waals surface area contributed by atoms with Crippen LogP contribution in [0.4, 0.5) is 5.95 Å². The average Bonchev–Trinajstić information content (AvgIpc) is 2.76. The van der Waals surface area contributed by atoms with Gasteiger partial charge in [-0.1, -0.05) is 35.3 Å². The number of aromatic nitrogens is 3. The summed E-state index contributed by atoms with van der Waals surface area (Å²) in [6.45, 7) is 2.11. The van der Waals surface area contributed by atoms with Crippen molar-refractivity contribution in [1.82, 2.24) is 14.8 Å². The Morgan fingerprint density at radius 2 is 2.16 bits per heavy atom. The summed E-state index contributed by atoms with van der Waals surface area (Å²) in [5.74, 6) is 1.55. The number of aryl methyl sites for hydroxylation is 1. The normalized spacial score (nSPS) is 22.3. The van der Waals surface area contributed by atoms with Crippen molar-refractivity contribution in [3.8, 4) is 0 Å². The predicted molar refractivity (Wildman–Crippen MR) is 76.7 cm³/mol. The van der Waals surface area contributed by atoms with Gasteiger partial charge in [0.1, 0.15) is 5.82 Å². The molecular weight excluding hydrogens is 283 g/mol. The topological polar surface area (TPSA) is 56.7 Å². The van der Waals surface area contributed by atoms with Crippen LogP contribution in [0.2, 0.25) is 10.0 Å². The molecule has 3 rings (SSSR count). The van der Waals surface area contributed by atoms with Crippen molar-refractivity contribution in [2.75, 3.05) is 5.73 Å².